The summed E-state index contributed by atoms with van der Waals surface area (Å²) in [5.41, 5.74) is 7.06. The maximum Gasteiger partial charge on any atom is 0.342 e. The lowest BCUT2D eigenvalue weighted by molar-refractivity contribution is -0.123. The van der Waals surface area contributed by atoms with Crippen LogP contribution in [0.15, 0.2) is 10.5 Å². The Balaban J connectivity index is 1.71. The van der Waals surface area contributed by atoms with Gasteiger partial charge in [-0.15, -0.1) is 11.3 Å². The van der Waals surface area contributed by atoms with Crippen LogP contribution in [-0.2, 0) is 22.4 Å². The van der Waals surface area contributed by atoms with E-state index in [0.29, 0.717) is 22.1 Å². The summed E-state index contributed by atoms with van der Waals surface area (Å²) >= 11 is 1.36. The number of thiophene rings is 1. The lowest BCUT2D eigenvalue weighted by Gasteiger charge is -2.13. The van der Waals surface area contributed by atoms with E-state index in [1.807, 2.05) is 0 Å². The zero-order chi connectivity index (χ0) is 19.0. The summed E-state index contributed by atoms with van der Waals surface area (Å²) in [5, 5.41) is 3.10. The Morgan fingerprint density at radius 3 is 2.65 bits per heavy atom. The summed E-state index contributed by atoms with van der Waals surface area (Å²) < 4.78 is 10.5. The smallest absolute Gasteiger partial charge is 0.342 e. The zero-order valence-electron chi connectivity index (χ0n) is 14.8. The molecular weight excluding hydrogens is 356 g/mol. The Hall–Kier alpha value is -2.61. The Morgan fingerprint density at radius 1 is 1.31 bits per heavy atom. The van der Waals surface area contributed by atoms with Crippen molar-refractivity contribution in [1.82, 2.24) is 0 Å². The molecule has 1 aliphatic carbocycles. The number of furan rings is 1. The van der Waals surface area contributed by atoms with Gasteiger partial charge in [0.1, 0.15) is 22.1 Å². The van der Waals surface area contributed by atoms with Crippen LogP contribution in [0.5, 0.6) is 0 Å². The summed E-state index contributed by atoms with van der Waals surface area (Å²) in [6.45, 7) is 4.85. The van der Waals surface area contributed by atoms with Crippen LogP contribution in [0.25, 0.3) is 0 Å². The molecule has 2 aromatic heterocycles. The molecule has 0 saturated carbocycles. The fourth-order valence-corrected chi connectivity index (χ4v) is 4.38. The highest BCUT2D eigenvalue weighted by Gasteiger charge is 2.28. The molecule has 0 radical (unpaired) electrons. The predicted octanol–water partition coefficient (Wildman–Crippen LogP) is 2.73. The largest absolute Gasteiger partial charge is 0.466 e. The van der Waals surface area contributed by atoms with Crippen LogP contribution in [0.1, 0.15) is 56.0 Å². The Bertz CT molecular complexity index is 896. The van der Waals surface area contributed by atoms with Crippen LogP contribution in [0.4, 0.5) is 5.00 Å². The van der Waals surface area contributed by atoms with Gasteiger partial charge in [0.15, 0.2) is 6.10 Å². The average Bonchev–Trinajstić information content (AvgIpc) is 3.20. The third kappa shape index (κ3) is 3.37. The van der Waals surface area contributed by atoms with Gasteiger partial charge in [-0.05, 0) is 51.7 Å². The van der Waals surface area contributed by atoms with Gasteiger partial charge in [0.25, 0.3) is 11.8 Å². The highest BCUT2D eigenvalue weighted by Crippen LogP contribution is 2.38. The van der Waals surface area contributed by atoms with Crippen molar-refractivity contribution in [2.45, 2.75) is 46.1 Å². The van der Waals surface area contributed by atoms with Crippen molar-refractivity contribution in [2.24, 2.45) is 5.73 Å². The van der Waals surface area contributed by atoms with Crippen molar-refractivity contribution >= 4 is 34.1 Å². The SMILES string of the molecule is Cc1cc(C(=O)OC(C)C(=O)Nc2sc3c(c2C(N)=O)CCC3)c(C)o1. The lowest BCUT2D eigenvalue weighted by Crippen LogP contribution is -2.30. The molecule has 2 aromatic rings. The molecule has 1 aliphatic rings. The maximum atomic E-state index is 12.4. The van der Waals surface area contributed by atoms with Crippen molar-refractivity contribution < 1.29 is 23.5 Å². The van der Waals surface area contributed by atoms with Crippen molar-refractivity contribution in [2.75, 3.05) is 5.32 Å². The molecule has 138 valence electrons. The predicted molar refractivity (Wildman–Crippen MR) is 96.6 cm³/mol. The molecule has 2 amide bonds. The van der Waals surface area contributed by atoms with Crippen LogP contribution in [-0.4, -0.2) is 23.9 Å². The molecule has 7 nitrogen and oxygen atoms in total. The monoisotopic (exact) mass is 376 g/mol. The number of aryl methyl sites for hydroxylation is 3. The highest BCUT2D eigenvalue weighted by atomic mass is 32.1. The number of hydrogen-bond acceptors (Lipinski definition) is 6. The Morgan fingerprint density at radius 2 is 2.04 bits per heavy atom. The van der Waals surface area contributed by atoms with Gasteiger partial charge >= 0.3 is 5.97 Å². The van der Waals surface area contributed by atoms with E-state index in [1.165, 1.54) is 18.3 Å². The lowest BCUT2D eigenvalue weighted by atomic mass is 10.1. The molecule has 3 N–H and O–H groups in total. The first kappa shape index (κ1) is 18.2. The molecule has 0 spiro atoms. The molecule has 0 bridgehead atoms. The highest BCUT2D eigenvalue weighted by molar-refractivity contribution is 7.17. The van der Waals surface area contributed by atoms with E-state index in [0.717, 1.165) is 29.7 Å². The minimum absolute atomic E-state index is 0.287. The summed E-state index contributed by atoms with van der Waals surface area (Å²) in [4.78, 5) is 37.5. The number of amides is 2. The van der Waals surface area contributed by atoms with E-state index in [2.05, 4.69) is 5.32 Å². The second kappa shape index (κ2) is 6.95. The molecule has 0 fully saturated rings. The molecular formula is C18H20N2O5S. The van der Waals surface area contributed by atoms with Crippen molar-refractivity contribution in [3.05, 3.63) is 39.2 Å². The quantitative estimate of drug-likeness (QED) is 0.779. The van der Waals surface area contributed by atoms with Gasteiger partial charge in [-0.1, -0.05) is 0 Å². The van der Waals surface area contributed by atoms with Gasteiger partial charge in [-0.3, -0.25) is 9.59 Å². The van der Waals surface area contributed by atoms with Crippen LogP contribution >= 0.6 is 11.3 Å². The fourth-order valence-electron chi connectivity index (χ4n) is 3.08. The van der Waals surface area contributed by atoms with Gasteiger partial charge < -0.3 is 20.2 Å². The molecule has 8 heteroatoms. The summed E-state index contributed by atoms with van der Waals surface area (Å²) in [6, 6.07) is 1.57. The minimum atomic E-state index is -1.03. The van der Waals surface area contributed by atoms with Crippen LogP contribution in [0.2, 0.25) is 0 Å². The molecule has 26 heavy (non-hydrogen) atoms. The van der Waals surface area contributed by atoms with E-state index in [1.54, 1.807) is 19.9 Å². The standard InChI is InChI=1S/C18H20N2O5S/c1-8-7-12(9(2)24-8)18(23)25-10(3)16(22)20-17-14(15(19)21)11-5-4-6-13(11)26-17/h7,10H,4-6H2,1-3H3,(H2,19,21)(H,20,22). The topological polar surface area (TPSA) is 112 Å². The molecule has 0 aliphatic heterocycles. The number of ether oxygens (including phenoxy) is 1. The number of hydrogen-bond donors (Lipinski definition) is 2. The van der Waals surface area contributed by atoms with Crippen LogP contribution in [0, 0.1) is 13.8 Å². The van der Waals surface area contributed by atoms with E-state index < -0.39 is 23.9 Å². The molecule has 0 saturated heterocycles. The van der Waals surface area contributed by atoms with E-state index >= 15 is 0 Å². The number of nitrogens with two attached hydrogens (primary N) is 1. The molecule has 3 rings (SSSR count). The number of fused-ring (bicyclic) bond motifs is 1. The molecule has 2 heterocycles. The van der Waals surface area contributed by atoms with Crippen molar-refractivity contribution in [3.8, 4) is 0 Å². The zero-order valence-corrected chi connectivity index (χ0v) is 15.6. The molecule has 0 aromatic carbocycles. The molecule has 1 atom stereocenters. The third-order valence-corrected chi connectivity index (χ3v) is 5.53. The normalized spacial score (nSPS) is 14.0. The van der Waals surface area contributed by atoms with Gasteiger partial charge in [-0.2, -0.15) is 0 Å². The van der Waals surface area contributed by atoms with Gasteiger partial charge in [0, 0.05) is 4.88 Å². The summed E-state index contributed by atoms with van der Waals surface area (Å²) in [6.07, 6.45) is 1.60. The van der Waals surface area contributed by atoms with Gasteiger partial charge in [0.05, 0.1) is 5.56 Å². The second-order valence-corrected chi connectivity index (χ2v) is 7.39. The van der Waals surface area contributed by atoms with Gasteiger partial charge in [0.2, 0.25) is 0 Å². The average molecular weight is 376 g/mol. The van der Waals surface area contributed by atoms with Crippen LogP contribution < -0.4 is 11.1 Å². The van der Waals surface area contributed by atoms with Gasteiger partial charge in [-0.25, -0.2) is 4.79 Å². The Labute approximate surface area is 154 Å². The first-order valence-electron chi connectivity index (χ1n) is 8.31. The number of anilines is 1. The number of carbonyl (C=O) groups is 3. The molecule has 1 unspecified atom stereocenters. The number of primary amides is 1. The van der Waals surface area contributed by atoms with E-state index in [-0.39, 0.29) is 5.56 Å². The summed E-state index contributed by atoms with van der Waals surface area (Å²) in [5.74, 6) is -0.685. The summed E-state index contributed by atoms with van der Waals surface area (Å²) in [7, 11) is 0. The van der Waals surface area contributed by atoms with Crippen molar-refractivity contribution in [1.29, 1.82) is 0 Å². The van der Waals surface area contributed by atoms with E-state index in [9.17, 15) is 14.4 Å². The second-order valence-electron chi connectivity index (χ2n) is 6.29. The van der Waals surface area contributed by atoms with E-state index in [4.69, 9.17) is 14.9 Å². The Kier molecular flexibility index (Phi) is 4.86. The maximum absolute atomic E-state index is 12.4. The fraction of sp³-hybridized carbons (Fsp3) is 0.389. The first-order valence-corrected chi connectivity index (χ1v) is 9.12. The first-order chi connectivity index (χ1) is 12.3. The van der Waals surface area contributed by atoms with Crippen LogP contribution in [0.3, 0.4) is 0 Å². The number of esters is 1. The van der Waals surface area contributed by atoms with Crippen molar-refractivity contribution in [3.63, 3.8) is 0 Å². The third-order valence-electron chi connectivity index (χ3n) is 4.32. The number of carbonyl (C=O) groups excluding carboxylic acids is 3. The number of nitrogens with one attached hydrogen (secondary N) is 1. The number of rotatable bonds is 5. The minimum Gasteiger partial charge on any atom is -0.466 e.